The molecule has 2 aromatic carbocycles. The van der Waals surface area contributed by atoms with E-state index in [0.29, 0.717) is 0 Å². The lowest BCUT2D eigenvalue weighted by molar-refractivity contribution is -0.144. The molecule has 0 saturated carbocycles. The summed E-state index contributed by atoms with van der Waals surface area (Å²) in [5.41, 5.74) is 2.85. The summed E-state index contributed by atoms with van der Waals surface area (Å²) in [4.78, 5) is 22.4. The van der Waals surface area contributed by atoms with Gasteiger partial charge in [-0.2, -0.15) is 0 Å². The fourth-order valence-electron chi connectivity index (χ4n) is 4.31. The van der Waals surface area contributed by atoms with E-state index >= 15 is 0 Å². The van der Waals surface area contributed by atoms with Crippen LogP contribution in [-0.4, -0.2) is 39.0 Å². The van der Waals surface area contributed by atoms with Gasteiger partial charge < -0.3 is 10.1 Å². The van der Waals surface area contributed by atoms with Crippen LogP contribution in [0.4, 0.5) is 0 Å². The van der Waals surface area contributed by atoms with Gasteiger partial charge in [-0.25, -0.2) is 4.98 Å². The highest BCUT2D eigenvalue weighted by molar-refractivity contribution is 7.18. The number of piperidine rings is 1. The molecule has 1 saturated heterocycles. The van der Waals surface area contributed by atoms with Crippen molar-refractivity contribution in [1.82, 2.24) is 14.9 Å². The van der Waals surface area contributed by atoms with E-state index in [-0.39, 0.29) is 5.92 Å². The highest BCUT2D eigenvalue weighted by Crippen LogP contribution is 2.37. The van der Waals surface area contributed by atoms with E-state index in [1.54, 1.807) is 11.3 Å². The number of H-pyrrole nitrogens is 1. The predicted molar refractivity (Wildman–Crippen MR) is 112 cm³/mol. The Bertz CT molecular complexity index is 1120. The molecule has 0 radical (unpaired) electrons. The van der Waals surface area contributed by atoms with Crippen LogP contribution in [0.1, 0.15) is 35.4 Å². The normalized spacial score (nSPS) is 19.2. The molecule has 1 fully saturated rings. The molecule has 5 rings (SSSR count). The lowest BCUT2D eigenvalue weighted by Crippen LogP contribution is -2.40. The number of hydrogen-bond acceptors (Lipinski definition) is 4. The third kappa shape index (κ3) is 2.99. The average molecular weight is 391 g/mol. The summed E-state index contributed by atoms with van der Waals surface area (Å²) in [7, 11) is 0. The maximum atomic E-state index is 12.3. The minimum Gasteiger partial charge on any atom is -0.480 e. The minimum atomic E-state index is -0.797. The van der Waals surface area contributed by atoms with Crippen molar-refractivity contribution in [2.45, 2.75) is 24.8 Å². The monoisotopic (exact) mass is 391 g/mol. The number of rotatable bonds is 4. The Morgan fingerprint density at radius 1 is 1.21 bits per heavy atom. The van der Waals surface area contributed by atoms with Crippen molar-refractivity contribution < 1.29 is 9.90 Å². The van der Waals surface area contributed by atoms with Crippen LogP contribution < -0.4 is 0 Å². The molecule has 142 valence electrons. The van der Waals surface area contributed by atoms with Crippen LogP contribution in [0.2, 0.25) is 0 Å². The van der Waals surface area contributed by atoms with Crippen molar-refractivity contribution in [2.24, 2.45) is 0 Å². The number of carboxylic acid groups (broad SMARTS) is 1. The van der Waals surface area contributed by atoms with Gasteiger partial charge in [0.2, 0.25) is 0 Å². The van der Waals surface area contributed by atoms with E-state index in [1.165, 1.54) is 4.70 Å². The molecule has 0 aliphatic carbocycles. The number of nitrogens with one attached hydrogen (secondary N) is 1. The van der Waals surface area contributed by atoms with Crippen molar-refractivity contribution in [1.29, 1.82) is 0 Å². The van der Waals surface area contributed by atoms with E-state index in [9.17, 15) is 9.90 Å². The van der Waals surface area contributed by atoms with E-state index < -0.39 is 12.0 Å². The van der Waals surface area contributed by atoms with E-state index in [4.69, 9.17) is 4.98 Å². The van der Waals surface area contributed by atoms with E-state index in [1.807, 2.05) is 48.7 Å². The summed E-state index contributed by atoms with van der Waals surface area (Å²) < 4.78 is 1.20. The molecule has 0 amide bonds. The van der Waals surface area contributed by atoms with Gasteiger partial charge in [0.25, 0.3) is 0 Å². The number of carbonyl (C=O) groups is 1. The lowest BCUT2D eigenvalue weighted by Gasteiger charge is -2.35. The van der Waals surface area contributed by atoms with Crippen LogP contribution in [0.25, 0.3) is 21.1 Å². The highest BCUT2D eigenvalue weighted by Gasteiger charge is 2.34. The Hall–Kier alpha value is -2.70. The second-order valence-corrected chi connectivity index (χ2v) is 8.45. The number of aromatic nitrogens is 2. The Morgan fingerprint density at radius 3 is 2.89 bits per heavy atom. The topological polar surface area (TPSA) is 69.2 Å². The van der Waals surface area contributed by atoms with Gasteiger partial charge in [0, 0.05) is 35.1 Å². The Morgan fingerprint density at radius 2 is 2.04 bits per heavy atom. The molecule has 1 aliphatic heterocycles. The molecule has 0 spiro atoms. The van der Waals surface area contributed by atoms with Gasteiger partial charge in [-0.05, 0) is 37.6 Å². The van der Waals surface area contributed by atoms with Crippen LogP contribution in [0.3, 0.4) is 0 Å². The molecule has 2 aromatic heterocycles. The number of likely N-dealkylation sites (tertiary alicyclic amines) is 1. The van der Waals surface area contributed by atoms with Crippen LogP contribution in [-0.2, 0) is 4.79 Å². The summed E-state index contributed by atoms with van der Waals surface area (Å²) in [6, 6.07) is 15.4. The first-order valence-electron chi connectivity index (χ1n) is 9.59. The Labute approximate surface area is 166 Å². The maximum absolute atomic E-state index is 12.3. The zero-order chi connectivity index (χ0) is 19.1. The predicted octanol–water partition coefficient (Wildman–Crippen LogP) is 4.78. The molecule has 6 heteroatoms. The van der Waals surface area contributed by atoms with Crippen molar-refractivity contribution in [2.75, 3.05) is 13.1 Å². The largest absolute Gasteiger partial charge is 0.480 e. The summed E-state index contributed by atoms with van der Waals surface area (Å²) in [6.07, 6.45) is 3.88. The number of carboxylic acids is 1. The number of thiazole rings is 1. The lowest BCUT2D eigenvalue weighted by atomic mass is 9.95. The van der Waals surface area contributed by atoms with Crippen molar-refractivity contribution in [3.8, 4) is 0 Å². The fraction of sp³-hybridized carbons (Fsp3) is 0.273. The molecular weight excluding hydrogens is 370 g/mol. The third-order valence-corrected chi connectivity index (χ3v) is 6.83. The number of nitrogens with zero attached hydrogens (tertiary/aromatic N) is 2. The zero-order valence-corrected chi connectivity index (χ0v) is 16.2. The standard InChI is InChI=1S/C22H21N3O2S/c26-22(27)20(16-12-23-17-8-2-1-7-15(16)17)25-11-5-6-14(13-25)21-24-18-9-3-4-10-19(18)28-21/h1-4,7-10,12,14,20,23H,5-6,11,13H2,(H,26,27)/t14-,20+/m1/s1. The number of fused-ring (bicyclic) bond motifs is 2. The first kappa shape index (κ1) is 17.4. The highest BCUT2D eigenvalue weighted by atomic mass is 32.1. The van der Waals surface area contributed by atoms with Crippen molar-refractivity contribution in [3.63, 3.8) is 0 Å². The molecule has 1 aliphatic rings. The van der Waals surface area contributed by atoms with Crippen LogP contribution in [0, 0.1) is 0 Å². The van der Waals surface area contributed by atoms with Crippen molar-refractivity contribution in [3.05, 3.63) is 65.3 Å². The molecule has 28 heavy (non-hydrogen) atoms. The first-order valence-corrected chi connectivity index (χ1v) is 10.4. The maximum Gasteiger partial charge on any atom is 0.325 e. The van der Waals surface area contributed by atoms with E-state index in [0.717, 1.165) is 52.9 Å². The third-order valence-electron chi connectivity index (χ3n) is 5.63. The van der Waals surface area contributed by atoms with Gasteiger partial charge in [-0.15, -0.1) is 11.3 Å². The molecular formula is C22H21N3O2S. The SMILES string of the molecule is O=C(O)[C@H](c1c[nH]c2ccccc12)N1CCC[C@@H](c2nc3ccccc3s2)C1. The Kier molecular flexibility index (Phi) is 4.37. The fourth-order valence-corrected chi connectivity index (χ4v) is 5.41. The average Bonchev–Trinajstić information content (AvgIpc) is 3.33. The number of benzene rings is 2. The number of para-hydroxylation sites is 2. The second kappa shape index (κ2) is 7.04. The molecule has 0 unspecified atom stereocenters. The van der Waals surface area contributed by atoms with Gasteiger partial charge in [0.1, 0.15) is 6.04 Å². The number of aliphatic carboxylic acids is 1. The number of aromatic amines is 1. The molecule has 2 N–H and O–H groups in total. The smallest absolute Gasteiger partial charge is 0.325 e. The zero-order valence-electron chi connectivity index (χ0n) is 15.3. The van der Waals surface area contributed by atoms with E-state index in [2.05, 4.69) is 16.0 Å². The molecule has 5 nitrogen and oxygen atoms in total. The van der Waals surface area contributed by atoms with Gasteiger partial charge in [0.15, 0.2) is 0 Å². The molecule has 2 atom stereocenters. The number of hydrogen-bond donors (Lipinski definition) is 2. The summed E-state index contributed by atoms with van der Waals surface area (Å²) >= 11 is 1.73. The summed E-state index contributed by atoms with van der Waals surface area (Å²) in [5, 5.41) is 12.2. The Balaban J connectivity index is 1.47. The van der Waals surface area contributed by atoms with Crippen LogP contribution >= 0.6 is 11.3 Å². The quantitative estimate of drug-likeness (QED) is 0.525. The summed E-state index contributed by atoms with van der Waals surface area (Å²) in [6.45, 7) is 1.51. The van der Waals surface area contributed by atoms with Gasteiger partial charge >= 0.3 is 5.97 Å². The first-order chi connectivity index (χ1) is 13.7. The van der Waals surface area contributed by atoms with Crippen molar-refractivity contribution >= 4 is 38.4 Å². The molecule has 0 bridgehead atoms. The minimum absolute atomic E-state index is 0.276. The van der Waals surface area contributed by atoms with Crippen LogP contribution in [0.5, 0.6) is 0 Å². The molecule has 4 aromatic rings. The van der Waals surface area contributed by atoms with Gasteiger partial charge in [-0.3, -0.25) is 9.69 Å². The molecule has 3 heterocycles. The van der Waals surface area contributed by atoms with Gasteiger partial charge in [-0.1, -0.05) is 30.3 Å². The van der Waals surface area contributed by atoms with Crippen LogP contribution in [0.15, 0.2) is 54.7 Å². The van der Waals surface area contributed by atoms with Gasteiger partial charge in [0.05, 0.1) is 15.2 Å². The summed E-state index contributed by atoms with van der Waals surface area (Å²) in [5.74, 6) is -0.520. The second-order valence-electron chi connectivity index (χ2n) is 7.38.